The van der Waals surface area contributed by atoms with E-state index in [9.17, 15) is 9.59 Å². The van der Waals surface area contributed by atoms with Crippen LogP contribution in [0.2, 0.25) is 0 Å². The molecule has 1 N–H and O–H groups in total. The molecule has 0 spiro atoms. The molecule has 0 aromatic rings. The lowest BCUT2D eigenvalue weighted by atomic mass is 10.2. The zero-order valence-electron chi connectivity index (χ0n) is 9.13. The summed E-state index contributed by atoms with van der Waals surface area (Å²) in [5.74, 6) is -0.367. The van der Waals surface area contributed by atoms with Crippen molar-refractivity contribution in [1.82, 2.24) is 5.32 Å². The van der Waals surface area contributed by atoms with Crippen molar-refractivity contribution < 1.29 is 19.1 Å². The molecule has 0 aliphatic rings. The van der Waals surface area contributed by atoms with Crippen molar-refractivity contribution in [3.8, 4) is 0 Å². The van der Waals surface area contributed by atoms with Crippen molar-refractivity contribution in [1.29, 1.82) is 0 Å². The van der Waals surface area contributed by atoms with Gasteiger partial charge < -0.3 is 14.8 Å². The Morgan fingerprint density at radius 2 is 1.93 bits per heavy atom. The third kappa shape index (κ3) is 9.34. The Labute approximate surface area is 94.1 Å². The molecule has 5 nitrogen and oxygen atoms in total. The van der Waals surface area contributed by atoms with Gasteiger partial charge in [-0.2, -0.15) is 0 Å². The van der Waals surface area contributed by atoms with Gasteiger partial charge in [-0.3, -0.25) is 4.79 Å². The normalized spacial score (nSPS) is 10.7. The first-order valence-electron chi connectivity index (χ1n) is 4.53. The fraction of sp³-hybridized carbons (Fsp3) is 0.778. The third-order valence-corrected chi connectivity index (χ3v) is 1.31. The van der Waals surface area contributed by atoms with Crippen LogP contribution in [-0.2, 0) is 14.3 Å². The van der Waals surface area contributed by atoms with E-state index in [2.05, 4.69) is 10.1 Å². The maximum Gasteiger partial charge on any atom is 0.408 e. The lowest BCUT2D eigenvalue weighted by Gasteiger charge is -2.19. The lowest BCUT2D eigenvalue weighted by Crippen LogP contribution is -2.29. The van der Waals surface area contributed by atoms with Crippen molar-refractivity contribution in [2.45, 2.75) is 32.8 Å². The van der Waals surface area contributed by atoms with E-state index >= 15 is 0 Å². The largest absolute Gasteiger partial charge is 0.460 e. The molecule has 6 heteroatoms. The fourth-order valence-electron chi connectivity index (χ4n) is 0.760. The van der Waals surface area contributed by atoms with Crippen molar-refractivity contribution >= 4 is 23.7 Å². The highest BCUT2D eigenvalue weighted by atomic mass is 35.5. The Morgan fingerprint density at radius 1 is 1.33 bits per heavy atom. The molecule has 15 heavy (non-hydrogen) atoms. The van der Waals surface area contributed by atoms with Gasteiger partial charge in [0, 0.05) is 6.54 Å². The van der Waals surface area contributed by atoms with E-state index in [0.717, 1.165) is 0 Å². The van der Waals surface area contributed by atoms with Crippen LogP contribution in [0.5, 0.6) is 0 Å². The number of carbonyl (C=O) groups is 2. The number of carbonyl (C=O) groups excluding carboxylic acids is 2. The van der Waals surface area contributed by atoms with E-state index in [0.29, 0.717) is 0 Å². The van der Waals surface area contributed by atoms with Crippen LogP contribution in [0.1, 0.15) is 27.2 Å². The number of amides is 1. The fourth-order valence-corrected chi connectivity index (χ4v) is 0.859. The minimum atomic E-state index is -0.645. The van der Waals surface area contributed by atoms with Crippen molar-refractivity contribution in [3.63, 3.8) is 0 Å². The minimum Gasteiger partial charge on any atom is -0.460 e. The zero-order valence-corrected chi connectivity index (χ0v) is 9.89. The van der Waals surface area contributed by atoms with E-state index in [1.807, 2.05) is 0 Å². The molecule has 0 atom stereocenters. The van der Waals surface area contributed by atoms with Crippen molar-refractivity contribution in [2.75, 3.05) is 12.6 Å². The molecule has 0 unspecified atom stereocenters. The predicted molar refractivity (Wildman–Crippen MR) is 55.7 cm³/mol. The van der Waals surface area contributed by atoms with Gasteiger partial charge in [0.05, 0.1) is 6.42 Å². The maximum absolute atomic E-state index is 11.2. The van der Waals surface area contributed by atoms with E-state index in [4.69, 9.17) is 16.3 Å². The molecule has 0 saturated heterocycles. The summed E-state index contributed by atoms with van der Waals surface area (Å²) in [7, 11) is 0. The average molecular weight is 238 g/mol. The third-order valence-electron chi connectivity index (χ3n) is 1.20. The van der Waals surface area contributed by atoms with Crippen LogP contribution in [-0.4, -0.2) is 30.3 Å². The summed E-state index contributed by atoms with van der Waals surface area (Å²) >= 11 is 5.15. The molecule has 0 aliphatic carbocycles. The molecule has 0 aliphatic heterocycles. The van der Waals surface area contributed by atoms with E-state index in [-0.39, 0.29) is 25.0 Å². The molecule has 0 fully saturated rings. The number of halogens is 1. The second-order valence-electron chi connectivity index (χ2n) is 3.80. The molecule has 88 valence electrons. The maximum atomic E-state index is 11.2. The molecule has 0 bridgehead atoms. The molecule has 0 saturated carbocycles. The number of rotatable bonds is 4. The highest BCUT2D eigenvalue weighted by Crippen LogP contribution is 2.07. The van der Waals surface area contributed by atoms with Gasteiger partial charge in [0.25, 0.3) is 0 Å². The molecular weight excluding hydrogens is 222 g/mol. The highest BCUT2D eigenvalue weighted by Gasteiger charge is 2.15. The monoisotopic (exact) mass is 237 g/mol. The van der Waals surface area contributed by atoms with Crippen LogP contribution in [0.3, 0.4) is 0 Å². The van der Waals surface area contributed by atoms with Crippen molar-refractivity contribution in [2.24, 2.45) is 0 Å². The van der Waals surface area contributed by atoms with Gasteiger partial charge in [0.2, 0.25) is 0 Å². The minimum absolute atomic E-state index is 0.106. The molecule has 0 radical (unpaired) electrons. The zero-order chi connectivity index (χ0) is 11.9. The second kappa shape index (κ2) is 6.50. The molecule has 0 heterocycles. The Morgan fingerprint density at radius 3 is 2.40 bits per heavy atom. The number of nitrogens with one attached hydrogen (secondary N) is 1. The molecule has 0 rings (SSSR count). The van der Waals surface area contributed by atoms with Gasteiger partial charge in [-0.05, 0) is 20.8 Å². The summed E-state index contributed by atoms with van der Waals surface area (Å²) in [6.45, 7) is 5.50. The van der Waals surface area contributed by atoms with Crippen LogP contribution in [0.15, 0.2) is 0 Å². The van der Waals surface area contributed by atoms with Crippen LogP contribution >= 0.6 is 11.6 Å². The smallest absolute Gasteiger partial charge is 0.408 e. The number of alkyl carbamates (subject to hydrolysis) is 1. The van der Waals surface area contributed by atoms with Crippen LogP contribution < -0.4 is 5.32 Å². The summed E-state index contributed by atoms with van der Waals surface area (Å²) in [4.78, 5) is 21.9. The Balaban J connectivity index is 3.60. The number of hydrogen-bond acceptors (Lipinski definition) is 4. The predicted octanol–water partition coefficient (Wildman–Crippen LogP) is 1.64. The lowest BCUT2D eigenvalue weighted by molar-refractivity contribution is -0.154. The summed E-state index contributed by atoms with van der Waals surface area (Å²) < 4.78 is 9.41. The van der Waals surface area contributed by atoms with Gasteiger partial charge in [-0.25, -0.2) is 4.79 Å². The molecular formula is C9H16ClNO4. The van der Waals surface area contributed by atoms with Crippen LogP contribution in [0, 0.1) is 0 Å². The first-order chi connectivity index (χ1) is 6.85. The first kappa shape index (κ1) is 14.0. The second-order valence-corrected chi connectivity index (χ2v) is 4.02. The Kier molecular flexibility index (Phi) is 6.08. The van der Waals surface area contributed by atoms with Gasteiger partial charge in [-0.1, -0.05) is 11.6 Å². The quantitative estimate of drug-likeness (QED) is 0.596. The SMILES string of the molecule is CC(C)(C)OC(=O)CCNC(=O)OCCl. The van der Waals surface area contributed by atoms with Gasteiger partial charge in [0.15, 0.2) is 6.07 Å². The molecule has 0 aromatic heterocycles. The number of alkyl halides is 1. The van der Waals surface area contributed by atoms with E-state index in [1.165, 1.54) is 0 Å². The van der Waals surface area contributed by atoms with Gasteiger partial charge in [-0.15, -0.1) is 0 Å². The Hall–Kier alpha value is -0.970. The summed E-state index contributed by atoms with van der Waals surface area (Å²) in [6.07, 6.45) is -0.539. The highest BCUT2D eigenvalue weighted by molar-refractivity contribution is 6.17. The van der Waals surface area contributed by atoms with Gasteiger partial charge >= 0.3 is 12.1 Å². The summed E-state index contributed by atoms with van der Waals surface area (Å²) in [5.41, 5.74) is -0.506. The molecule has 1 amide bonds. The first-order valence-corrected chi connectivity index (χ1v) is 5.07. The van der Waals surface area contributed by atoms with E-state index < -0.39 is 11.7 Å². The van der Waals surface area contributed by atoms with Crippen LogP contribution in [0.25, 0.3) is 0 Å². The topological polar surface area (TPSA) is 64.6 Å². The summed E-state index contributed by atoms with van der Waals surface area (Å²) in [6, 6.07) is -0.210. The van der Waals surface area contributed by atoms with E-state index in [1.54, 1.807) is 20.8 Å². The van der Waals surface area contributed by atoms with Crippen LogP contribution in [0.4, 0.5) is 4.79 Å². The standard InChI is InChI=1S/C9H16ClNO4/c1-9(2,3)15-7(12)4-5-11-8(13)14-6-10/h4-6H2,1-3H3,(H,11,13). The molecule has 0 aromatic carbocycles. The number of hydrogen-bond donors (Lipinski definition) is 1. The Bertz CT molecular complexity index is 225. The number of esters is 1. The average Bonchev–Trinajstić information content (AvgIpc) is 2.00. The number of ether oxygens (including phenoxy) is 2. The van der Waals surface area contributed by atoms with Crippen molar-refractivity contribution in [3.05, 3.63) is 0 Å². The summed E-state index contributed by atoms with van der Waals surface area (Å²) in [5, 5.41) is 2.35. The van der Waals surface area contributed by atoms with Gasteiger partial charge in [0.1, 0.15) is 5.60 Å².